The van der Waals surface area contributed by atoms with E-state index in [1.165, 1.54) is 7.11 Å². The lowest BCUT2D eigenvalue weighted by Crippen LogP contribution is -2.11. The summed E-state index contributed by atoms with van der Waals surface area (Å²) < 4.78 is 22.7. The third-order valence-corrected chi connectivity index (χ3v) is 5.34. The Morgan fingerprint density at radius 1 is 1.03 bits per heavy atom. The Labute approximate surface area is 204 Å². The van der Waals surface area contributed by atoms with E-state index in [4.69, 9.17) is 18.9 Å². The predicted molar refractivity (Wildman–Crippen MR) is 130 cm³/mol. The molecular weight excluding hydrogens is 502 g/mol. The van der Waals surface area contributed by atoms with E-state index < -0.39 is 11.9 Å². The summed E-state index contributed by atoms with van der Waals surface area (Å²) in [6, 6.07) is 19.0. The number of benzene rings is 3. The molecule has 0 fully saturated rings. The van der Waals surface area contributed by atoms with Crippen molar-refractivity contribution in [2.75, 3.05) is 13.7 Å². The number of carbonyl (C=O) groups excluding carboxylic acids is 2. The molecule has 0 amide bonds. The number of nitrogens with zero attached hydrogens (tertiary/aromatic N) is 1. The molecule has 172 valence electrons. The van der Waals surface area contributed by atoms with Crippen LogP contribution in [0.25, 0.3) is 6.08 Å². The number of halogens is 1. The normalized spacial score (nSPS) is 13.9. The molecule has 0 radical (unpaired) electrons. The predicted octanol–water partition coefficient (Wildman–Crippen LogP) is 5.42. The molecule has 0 unspecified atom stereocenters. The van der Waals surface area contributed by atoms with Crippen molar-refractivity contribution >= 4 is 39.8 Å². The molecule has 0 bridgehead atoms. The van der Waals surface area contributed by atoms with Crippen LogP contribution >= 0.6 is 15.9 Å². The van der Waals surface area contributed by atoms with Gasteiger partial charge in [0.15, 0.2) is 17.2 Å². The highest BCUT2D eigenvalue weighted by molar-refractivity contribution is 9.10. The zero-order valence-corrected chi connectivity index (χ0v) is 20.0. The second kappa shape index (κ2) is 10.4. The van der Waals surface area contributed by atoms with Crippen LogP contribution in [0.5, 0.6) is 17.2 Å². The molecule has 0 saturated carbocycles. The van der Waals surface area contributed by atoms with Crippen LogP contribution in [0.2, 0.25) is 0 Å². The van der Waals surface area contributed by atoms with Crippen molar-refractivity contribution in [2.24, 2.45) is 4.99 Å². The summed E-state index contributed by atoms with van der Waals surface area (Å²) in [5.74, 6) is 0.105. The monoisotopic (exact) mass is 521 g/mol. The Balaban J connectivity index is 1.60. The maximum absolute atomic E-state index is 12.7. The molecule has 8 heteroatoms. The van der Waals surface area contributed by atoms with Crippen molar-refractivity contribution in [3.8, 4) is 17.2 Å². The largest absolute Gasteiger partial charge is 0.496 e. The number of carbonyl (C=O) groups is 2. The van der Waals surface area contributed by atoms with Crippen LogP contribution in [0.1, 0.15) is 28.4 Å². The summed E-state index contributed by atoms with van der Waals surface area (Å²) in [6.07, 6.45) is 1.59. The lowest BCUT2D eigenvalue weighted by Gasteiger charge is -2.12. The smallest absolute Gasteiger partial charge is 0.363 e. The van der Waals surface area contributed by atoms with E-state index in [0.29, 0.717) is 34.8 Å². The molecule has 0 atom stereocenters. The maximum Gasteiger partial charge on any atom is 0.363 e. The minimum Gasteiger partial charge on any atom is -0.496 e. The average Bonchev–Trinajstić information content (AvgIpc) is 3.21. The van der Waals surface area contributed by atoms with Gasteiger partial charge in [0.2, 0.25) is 5.90 Å². The number of hydrogen-bond acceptors (Lipinski definition) is 7. The topological polar surface area (TPSA) is 83.4 Å². The fourth-order valence-electron chi connectivity index (χ4n) is 3.22. The number of rotatable bonds is 7. The summed E-state index contributed by atoms with van der Waals surface area (Å²) in [6.45, 7) is 2.17. The highest BCUT2D eigenvalue weighted by Gasteiger charge is 2.24. The lowest BCUT2D eigenvalue weighted by atomic mass is 10.1. The van der Waals surface area contributed by atoms with Gasteiger partial charge in [0, 0.05) is 10.0 Å². The molecule has 0 saturated heterocycles. The van der Waals surface area contributed by atoms with Gasteiger partial charge in [-0.25, -0.2) is 14.6 Å². The summed E-state index contributed by atoms with van der Waals surface area (Å²) >= 11 is 3.37. The molecule has 7 nitrogen and oxygen atoms in total. The Morgan fingerprint density at radius 2 is 1.79 bits per heavy atom. The molecule has 1 heterocycles. The first-order valence-corrected chi connectivity index (χ1v) is 11.2. The van der Waals surface area contributed by atoms with Gasteiger partial charge in [-0.05, 0) is 67.1 Å². The molecule has 4 rings (SSSR count). The molecule has 0 spiro atoms. The third-order valence-electron chi connectivity index (χ3n) is 4.81. The minimum absolute atomic E-state index is 0.152. The molecule has 3 aromatic carbocycles. The zero-order chi connectivity index (χ0) is 24.1. The van der Waals surface area contributed by atoms with Crippen molar-refractivity contribution < 1.29 is 28.5 Å². The van der Waals surface area contributed by atoms with Gasteiger partial charge in [-0.2, -0.15) is 0 Å². The van der Waals surface area contributed by atoms with Gasteiger partial charge in [-0.15, -0.1) is 0 Å². The maximum atomic E-state index is 12.7. The molecule has 34 heavy (non-hydrogen) atoms. The number of methoxy groups -OCH3 is 1. The number of hydrogen-bond donors (Lipinski definition) is 0. The number of cyclic esters (lactones) is 1. The minimum atomic E-state index is -0.576. The van der Waals surface area contributed by atoms with Crippen molar-refractivity contribution in [1.82, 2.24) is 0 Å². The lowest BCUT2D eigenvalue weighted by molar-refractivity contribution is -0.129. The summed E-state index contributed by atoms with van der Waals surface area (Å²) in [7, 11) is 1.48. The zero-order valence-electron chi connectivity index (χ0n) is 18.4. The van der Waals surface area contributed by atoms with Gasteiger partial charge in [0.05, 0.1) is 13.7 Å². The van der Waals surface area contributed by atoms with Crippen molar-refractivity contribution in [2.45, 2.75) is 6.92 Å². The van der Waals surface area contributed by atoms with Gasteiger partial charge in [-0.1, -0.05) is 34.1 Å². The second-order valence-electron chi connectivity index (χ2n) is 7.07. The van der Waals surface area contributed by atoms with Crippen LogP contribution in [0, 0.1) is 0 Å². The molecule has 0 aliphatic carbocycles. The number of aliphatic imine (C=N–C) groups is 1. The van der Waals surface area contributed by atoms with E-state index >= 15 is 0 Å². The second-order valence-corrected chi connectivity index (χ2v) is 7.99. The Hall–Kier alpha value is -3.91. The summed E-state index contributed by atoms with van der Waals surface area (Å²) in [5, 5.41) is 0. The van der Waals surface area contributed by atoms with Gasteiger partial charge in [0.25, 0.3) is 0 Å². The van der Waals surface area contributed by atoms with Crippen molar-refractivity contribution in [1.29, 1.82) is 0 Å². The average molecular weight is 522 g/mol. The van der Waals surface area contributed by atoms with E-state index in [1.54, 1.807) is 60.7 Å². The van der Waals surface area contributed by atoms with E-state index in [-0.39, 0.29) is 17.3 Å². The van der Waals surface area contributed by atoms with Gasteiger partial charge < -0.3 is 18.9 Å². The van der Waals surface area contributed by atoms with Gasteiger partial charge >= 0.3 is 11.9 Å². The first kappa shape index (κ1) is 23.3. The van der Waals surface area contributed by atoms with E-state index in [0.717, 1.165) is 4.47 Å². The number of ether oxygens (including phenoxy) is 4. The van der Waals surface area contributed by atoms with Crippen LogP contribution in [0.4, 0.5) is 0 Å². The standard InChI is InChI=1S/C26H20BrNO6/c1-3-32-23-15-16(8-13-22(23)33-25(29)19-6-4-5-7-21(19)31-2)14-20-26(30)34-24(28-20)17-9-11-18(27)12-10-17/h4-15H,3H2,1-2H3/b20-14+. The highest BCUT2D eigenvalue weighted by atomic mass is 79.9. The molecule has 0 N–H and O–H groups in total. The van der Waals surface area contributed by atoms with Crippen LogP contribution < -0.4 is 14.2 Å². The van der Waals surface area contributed by atoms with Crippen LogP contribution in [0.3, 0.4) is 0 Å². The first-order chi connectivity index (χ1) is 16.5. The Kier molecular flexibility index (Phi) is 7.08. The van der Waals surface area contributed by atoms with Crippen LogP contribution in [0.15, 0.2) is 81.9 Å². The van der Waals surface area contributed by atoms with Crippen molar-refractivity contribution in [3.05, 3.63) is 93.6 Å². The number of para-hydroxylation sites is 1. The van der Waals surface area contributed by atoms with E-state index in [1.807, 2.05) is 19.1 Å². The fourth-order valence-corrected chi connectivity index (χ4v) is 3.48. The highest BCUT2D eigenvalue weighted by Crippen LogP contribution is 2.32. The first-order valence-electron chi connectivity index (χ1n) is 10.4. The Bertz CT molecular complexity index is 1300. The molecule has 1 aliphatic heterocycles. The van der Waals surface area contributed by atoms with Gasteiger partial charge in [0.1, 0.15) is 11.3 Å². The number of esters is 2. The molecular formula is C26H20BrNO6. The van der Waals surface area contributed by atoms with Crippen LogP contribution in [-0.2, 0) is 9.53 Å². The molecule has 0 aromatic heterocycles. The Morgan fingerprint density at radius 3 is 2.53 bits per heavy atom. The molecule has 3 aromatic rings. The summed E-state index contributed by atoms with van der Waals surface area (Å²) in [4.78, 5) is 29.4. The SMILES string of the molecule is CCOc1cc(/C=C2/N=C(c3ccc(Br)cc3)OC2=O)ccc1OC(=O)c1ccccc1OC. The van der Waals surface area contributed by atoms with E-state index in [9.17, 15) is 9.59 Å². The summed E-state index contributed by atoms with van der Waals surface area (Å²) in [5.41, 5.74) is 1.77. The molecule has 1 aliphatic rings. The van der Waals surface area contributed by atoms with Crippen LogP contribution in [-0.4, -0.2) is 31.6 Å². The van der Waals surface area contributed by atoms with E-state index in [2.05, 4.69) is 20.9 Å². The van der Waals surface area contributed by atoms with Crippen molar-refractivity contribution in [3.63, 3.8) is 0 Å². The third kappa shape index (κ3) is 5.18. The quantitative estimate of drug-likeness (QED) is 0.234. The van der Waals surface area contributed by atoms with Gasteiger partial charge in [-0.3, -0.25) is 0 Å². The fraction of sp³-hybridized carbons (Fsp3) is 0.115.